The Morgan fingerprint density at radius 1 is 1.30 bits per heavy atom. The third-order valence-corrected chi connectivity index (χ3v) is 4.94. The lowest BCUT2D eigenvalue weighted by molar-refractivity contribution is -0.0201. The zero-order valence-electron chi connectivity index (χ0n) is 14.4. The van der Waals surface area contributed by atoms with Crippen molar-refractivity contribution in [1.29, 1.82) is 0 Å². The van der Waals surface area contributed by atoms with Gasteiger partial charge in [0.1, 0.15) is 0 Å². The second-order valence-corrected chi connectivity index (χ2v) is 7.09. The zero-order valence-corrected chi connectivity index (χ0v) is 15.2. The fraction of sp³-hybridized carbons (Fsp3) is 0.667. The molecule has 2 atom stereocenters. The second kappa shape index (κ2) is 9.00. The molecule has 130 valence electrons. The van der Waals surface area contributed by atoms with E-state index in [0.29, 0.717) is 19.2 Å². The summed E-state index contributed by atoms with van der Waals surface area (Å²) in [4.78, 5) is 4.63. The first-order chi connectivity index (χ1) is 11.0. The number of aliphatic hydroxyl groups is 1. The Hall–Kier alpha value is -0.650. The number of piperidine rings is 1. The van der Waals surface area contributed by atoms with Crippen LogP contribution in [-0.4, -0.2) is 67.4 Å². The van der Waals surface area contributed by atoms with Gasteiger partial charge in [-0.05, 0) is 64.6 Å². The highest BCUT2D eigenvalue weighted by Crippen LogP contribution is 2.20. The van der Waals surface area contributed by atoms with Crippen LogP contribution in [0.25, 0.3) is 0 Å². The van der Waals surface area contributed by atoms with Gasteiger partial charge in [0.15, 0.2) is 0 Å². The number of hydrogen-bond acceptors (Lipinski definition) is 4. The van der Waals surface area contributed by atoms with Crippen LogP contribution in [0.5, 0.6) is 0 Å². The molecule has 0 amide bonds. The summed E-state index contributed by atoms with van der Waals surface area (Å²) in [6, 6.07) is 8.21. The summed E-state index contributed by atoms with van der Waals surface area (Å²) >= 11 is 5.89. The Labute approximate surface area is 145 Å². The molecule has 1 aliphatic rings. The number of hydrogen-bond donors (Lipinski definition) is 1. The largest absolute Gasteiger partial charge is 0.389 e. The van der Waals surface area contributed by atoms with Crippen molar-refractivity contribution in [1.82, 2.24) is 9.80 Å². The van der Waals surface area contributed by atoms with Crippen LogP contribution in [-0.2, 0) is 4.74 Å². The third-order valence-electron chi connectivity index (χ3n) is 4.69. The van der Waals surface area contributed by atoms with Gasteiger partial charge < -0.3 is 19.6 Å². The Bertz CT molecular complexity index is 461. The van der Waals surface area contributed by atoms with Crippen LogP contribution in [0.4, 0.5) is 0 Å². The Morgan fingerprint density at radius 3 is 2.52 bits per heavy atom. The van der Waals surface area contributed by atoms with Crippen LogP contribution in [0.15, 0.2) is 24.3 Å². The third kappa shape index (κ3) is 6.05. The first-order valence-corrected chi connectivity index (χ1v) is 8.77. The van der Waals surface area contributed by atoms with Crippen molar-refractivity contribution >= 4 is 11.6 Å². The molecule has 1 saturated heterocycles. The van der Waals surface area contributed by atoms with Crippen LogP contribution in [0.1, 0.15) is 31.4 Å². The number of ether oxygens (including phenoxy) is 1. The van der Waals surface area contributed by atoms with E-state index in [4.69, 9.17) is 16.3 Å². The van der Waals surface area contributed by atoms with E-state index >= 15 is 0 Å². The minimum Gasteiger partial charge on any atom is -0.389 e. The van der Waals surface area contributed by atoms with Crippen LogP contribution in [0, 0.1) is 0 Å². The first-order valence-electron chi connectivity index (χ1n) is 8.39. The van der Waals surface area contributed by atoms with E-state index in [0.717, 1.165) is 23.7 Å². The molecule has 23 heavy (non-hydrogen) atoms. The maximum absolute atomic E-state index is 10.2. The second-order valence-electron chi connectivity index (χ2n) is 6.65. The topological polar surface area (TPSA) is 35.9 Å². The van der Waals surface area contributed by atoms with Gasteiger partial charge in [-0.15, -0.1) is 0 Å². The molecule has 1 fully saturated rings. The van der Waals surface area contributed by atoms with Crippen LogP contribution in [0.2, 0.25) is 5.02 Å². The van der Waals surface area contributed by atoms with E-state index < -0.39 is 6.10 Å². The lowest BCUT2D eigenvalue weighted by Crippen LogP contribution is -2.45. The summed E-state index contributed by atoms with van der Waals surface area (Å²) in [6.07, 6.45) is 1.83. The number of halogens is 1. The number of likely N-dealkylation sites (N-methyl/N-ethyl adjacent to an activating group) is 1. The lowest BCUT2D eigenvalue weighted by atomic mass is 10.0. The molecule has 0 bridgehead atoms. The molecule has 0 aromatic heterocycles. The molecule has 1 aliphatic heterocycles. The highest BCUT2D eigenvalue weighted by molar-refractivity contribution is 6.30. The molecule has 1 aromatic carbocycles. The summed E-state index contributed by atoms with van der Waals surface area (Å²) < 4.78 is 5.81. The zero-order chi connectivity index (χ0) is 16.8. The molecule has 1 aromatic rings. The summed E-state index contributed by atoms with van der Waals surface area (Å²) in [5.41, 5.74) is 1.07. The van der Waals surface area contributed by atoms with Crippen molar-refractivity contribution in [3.8, 4) is 0 Å². The molecule has 2 rings (SSSR count). The van der Waals surface area contributed by atoms with Gasteiger partial charge in [-0.25, -0.2) is 0 Å². The SMILES string of the molecule is C[C@@H](OC[C@H](O)CN(C)C1CCN(C)CC1)c1ccc(Cl)cc1. The molecule has 4 nitrogen and oxygen atoms in total. The monoisotopic (exact) mass is 340 g/mol. The molecular formula is C18H29ClN2O2. The van der Waals surface area contributed by atoms with Crippen molar-refractivity contribution in [3.63, 3.8) is 0 Å². The average Bonchev–Trinajstić information content (AvgIpc) is 2.54. The molecule has 0 saturated carbocycles. The molecule has 0 unspecified atom stereocenters. The van der Waals surface area contributed by atoms with Crippen LogP contribution >= 0.6 is 11.6 Å². The molecule has 0 radical (unpaired) electrons. The normalized spacial score (nSPS) is 19.9. The highest BCUT2D eigenvalue weighted by atomic mass is 35.5. The fourth-order valence-electron chi connectivity index (χ4n) is 3.06. The van der Waals surface area contributed by atoms with E-state index in [1.807, 2.05) is 31.2 Å². The van der Waals surface area contributed by atoms with Gasteiger partial charge in [0.05, 0.1) is 18.8 Å². The molecule has 1 heterocycles. The van der Waals surface area contributed by atoms with Crippen molar-refractivity contribution in [2.75, 3.05) is 40.3 Å². The fourth-order valence-corrected chi connectivity index (χ4v) is 3.18. The minimum absolute atomic E-state index is 0.0458. The summed E-state index contributed by atoms with van der Waals surface area (Å²) in [5.74, 6) is 0. The van der Waals surface area contributed by atoms with E-state index in [-0.39, 0.29) is 6.10 Å². The van der Waals surface area contributed by atoms with Gasteiger partial charge >= 0.3 is 0 Å². The van der Waals surface area contributed by atoms with Gasteiger partial charge in [0, 0.05) is 17.6 Å². The first kappa shape index (κ1) is 18.7. The average molecular weight is 341 g/mol. The molecule has 1 N–H and O–H groups in total. The molecular weight excluding hydrogens is 312 g/mol. The number of rotatable bonds is 7. The van der Waals surface area contributed by atoms with Gasteiger partial charge in [-0.1, -0.05) is 23.7 Å². The lowest BCUT2D eigenvalue weighted by Gasteiger charge is -2.36. The number of nitrogens with zero attached hydrogens (tertiary/aromatic N) is 2. The van der Waals surface area contributed by atoms with Crippen molar-refractivity contribution in [2.45, 2.75) is 38.0 Å². The highest BCUT2D eigenvalue weighted by Gasteiger charge is 2.22. The number of aliphatic hydroxyl groups excluding tert-OH is 1. The molecule has 0 aliphatic carbocycles. The van der Waals surface area contributed by atoms with Gasteiger partial charge in [-0.3, -0.25) is 0 Å². The summed E-state index contributed by atoms with van der Waals surface area (Å²) in [6.45, 7) is 5.27. The van der Waals surface area contributed by atoms with Crippen molar-refractivity contribution in [2.24, 2.45) is 0 Å². The molecule has 5 heteroatoms. The Balaban J connectivity index is 1.71. The van der Waals surface area contributed by atoms with Gasteiger partial charge in [0.25, 0.3) is 0 Å². The number of benzene rings is 1. The Morgan fingerprint density at radius 2 is 1.91 bits per heavy atom. The predicted octanol–water partition coefficient (Wildman–Crippen LogP) is 2.80. The summed E-state index contributed by atoms with van der Waals surface area (Å²) in [7, 11) is 4.26. The van der Waals surface area contributed by atoms with Gasteiger partial charge in [-0.2, -0.15) is 0 Å². The Kier molecular flexibility index (Phi) is 7.31. The standard InChI is InChI=1S/C18H29ClN2O2/c1-14(15-4-6-16(19)7-5-15)23-13-18(22)12-21(3)17-8-10-20(2)11-9-17/h4-7,14,17-18,22H,8-13H2,1-3H3/t14-,18-/m1/s1. The van der Waals surface area contributed by atoms with Crippen LogP contribution < -0.4 is 0 Å². The number of likely N-dealkylation sites (tertiary alicyclic amines) is 1. The van der Waals surface area contributed by atoms with Crippen molar-refractivity contribution < 1.29 is 9.84 Å². The summed E-state index contributed by atoms with van der Waals surface area (Å²) in [5, 5.41) is 11.0. The van der Waals surface area contributed by atoms with Gasteiger partial charge in [0.2, 0.25) is 0 Å². The quantitative estimate of drug-likeness (QED) is 0.828. The maximum atomic E-state index is 10.2. The van der Waals surface area contributed by atoms with E-state index in [9.17, 15) is 5.11 Å². The molecule has 0 spiro atoms. The van der Waals surface area contributed by atoms with Crippen LogP contribution in [0.3, 0.4) is 0 Å². The van der Waals surface area contributed by atoms with E-state index in [1.165, 1.54) is 12.8 Å². The van der Waals surface area contributed by atoms with E-state index in [2.05, 4.69) is 23.9 Å². The van der Waals surface area contributed by atoms with E-state index in [1.54, 1.807) is 0 Å². The van der Waals surface area contributed by atoms with Crippen molar-refractivity contribution in [3.05, 3.63) is 34.9 Å². The minimum atomic E-state index is -0.464. The maximum Gasteiger partial charge on any atom is 0.0900 e. The predicted molar refractivity (Wildman–Crippen MR) is 95.0 cm³/mol. The smallest absolute Gasteiger partial charge is 0.0900 e.